The van der Waals surface area contributed by atoms with Crippen LogP contribution in [0.15, 0.2) is 18.2 Å². The summed E-state index contributed by atoms with van der Waals surface area (Å²) in [6.07, 6.45) is 2.24. The van der Waals surface area contributed by atoms with E-state index in [-0.39, 0.29) is 6.61 Å². The molecule has 0 spiro atoms. The molecule has 2 saturated heterocycles. The van der Waals surface area contributed by atoms with Gasteiger partial charge < -0.3 is 20.2 Å². The molecule has 2 bridgehead atoms. The third-order valence-electron chi connectivity index (χ3n) is 6.52. The fraction of sp³-hybridized carbons (Fsp3) is 0.409. The number of aliphatic hydroxyl groups is 1. The van der Waals surface area contributed by atoms with E-state index in [1.54, 1.807) is 0 Å². The van der Waals surface area contributed by atoms with Crippen LogP contribution in [-0.4, -0.2) is 74.5 Å². The van der Waals surface area contributed by atoms with Crippen LogP contribution in [0, 0.1) is 0 Å². The topological polar surface area (TPSA) is 119 Å². The highest BCUT2D eigenvalue weighted by Gasteiger charge is 2.38. The first-order valence-corrected chi connectivity index (χ1v) is 11.4. The van der Waals surface area contributed by atoms with E-state index in [9.17, 15) is 5.11 Å². The fourth-order valence-corrected chi connectivity index (χ4v) is 5.26. The summed E-state index contributed by atoms with van der Waals surface area (Å²) in [7, 11) is 3.75. The quantitative estimate of drug-likeness (QED) is 0.416. The number of aliphatic hydroxyl groups excluding tert-OH is 1. The summed E-state index contributed by atoms with van der Waals surface area (Å²) in [5.41, 5.74) is 4.71. The van der Waals surface area contributed by atoms with Crippen molar-refractivity contribution in [2.24, 2.45) is 0 Å². The Morgan fingerprint density at radius 1 is 1.09 bits per heavy atom. The van der Waals surface area contributed by atoms with Gasteiger partial charge in [-0.2, -0.15) is 5.10 Å². The molecule has 6 rings (SSSR count). The number of H-pyrrole nitrogens is 1. The lowest BCUT2D eigenvalue weighted by atomic mass is 10.1. The molecule has 0 amide bonds. The third kappa shape index (κ3) is 3.28. The largest absolute Gasteiger partial charge is 0.390 e. The average molecular weight is 466 g/mol. The van der Waals surface area contributed by atoms with Crippen molar-refractivity contribution >= 4 is 45.4 Å². The van der Waals surface area contributed by atoms with Gasteiger partial charge in [0.05, 0.1) is 17.6 Å². The van der Waals surface area contributed by atoms with Crippen molar-refractivity contribution in [1.29, 1.82) is 0 Å². The SMILES string of the molecule is CN(C)c1nc2cc(-c3n[nH]c4nc(N5C6CCC5CNC6)c(CO)nc34)ccc2nc1Cl. The van der Waals surface area contributed by atoms with Gasteiger partial charge in [0.15, 0.2) is 22.4 Å². The van der Waals surface area contributed by atoms with E-state index >= 15 is 0 Å². The van der Waals surface area contributed by atoms with Gasteiger partial charge >= 0.3 is 0 Å². The lowest BCUT2D eigenvalue weighted by Gasteiger charge is -2.36. The van der Waals surface area contributed by atoms with Crippen LogP contribution in [0.1, 0.15) is 18.5 Å². The zero-order valence-electron chi connectivity index (χ0n) is 18.4. The smallest absolute Gasteiger partial charge is 0.177 e. The highest BCUT2D eigenvalue weighted by molar-refractivity contribution is 6.32. The highest BCUT2D eigenvalue weighted by Crippen LogP contribution is 2.35. The molecule has 0 aliphatic carbocycles. The second kappa shape index (κ2) is 7.75. The Morgan fingerprint density at radius 3 is 2.61 bits per heavy atom. The van der Waals surface area contributed by atoms with E-state index in [1.807, 2.05) is 37.2 Å². The molecule has 1 aromatic carbocycles. The number of fused-ring (bicyclic) bond motifs is 4. The van der Waals surface area contributed by atoms with Crippen LogP contribution in [0.4, 0.5) is 11.6 Å². The zero-order valence-corrected chi connectivity index (χ0v) is 19.1. The minimum Gasteiger partial charge on any atom is -0.390 e. The molecule has 3 N–H and O–H groups in total. The summed E-state index contributed by atoms with van der Waals surface area (Å²) < 4.78 is 0. The van der Waals surface area contributed by atoms with Crippen molar-refractivity contribution in [3.05, 3.63) is 29.0 Å². The molecule has 10 nitrogen and oxygen atoms in total. The molecule has 170 valence electrons. The number of halogens is 1. The monoisotopic (exact) mass is 465 g/mol. The van der Waals surface area contributed by atoms with Crippen molar-refractivity contribution in [3.8, 4) is 11.3 Å². The molecule has 4 aromatic rings. The fourth-order valence-electron chi connectivity index (χ4n) is 4.96. The molecule has 2 aliphatic heterocycles. The normalized spacial score (nSPS) is 20.2. The Labute approximate surface area is 195 Å². The summed E-state index contributed by atoms with van der Waals surface area (Å²) in [5, 5.41) is 21.5. The Bertz CT molecular complexity index is 1360. The van der Waals surface area contributed by atoms with Crippen LogP contribution in [0.25, 0.3) is 33.5 Å². The second-order valence-electron chi connectivity index (χ2n) is 8.81. The van der Waals surface area contributed by atoms with Gasteiger partial charge in [-0.3, -0.25) is 5.10 Å². The van der Waals surface area contributed by atoms with E-state index in [0.717, 1.165) is 37.3 Å². The van der Waals surface area contributed by atoms with Gasteiger partial charge in [0.25, 0.3) is 0 Å². The van der Waals surface area contributed by atoms with E-state index in [1.165, 1.54) is 0 Å². The molecule has 33 heavy (non-hydrogen) atoms. The first-order valence-electron chi connectivity index (χ1n) is 11.0. The van der Waals surface area contributed by atoms with Crippen molar-refractivity contribution in [2.75, 3.05) is 37.0 Å². The van der Waals surface area contributed by atoms with Crippen molar-refractivity contribution in [2.45, 2.75) is 31.5 Å². The predicted octanol–water partition coefficient (Wildman–Crippen LogP) is 2.12. The predicted molar refractivity (Wildman–Crippen MR) is 128 cm³/mol. The number of anilines is 2. The average Bonchev–Trinajstić information content (AvgIpc) is 3.33. The van der Waals surface area contributed by atoms with Crippen LogP contribution in [0.2, 0.25) is 5.15 Å². The van der Waals surface area contributed by atoms with Gasteiger partial charge in [0.2, 0.25) is 0 Å². The number of benzene rings is 1. The Morgan fingerprint density at radius 2 is 1.88 bits per heavy atom. The summed E-state index contributed by atoms with van der Waals surface area (Å²) in [6, 6.07) is 6.46. The maximum absolute atomic E-state index is 10.1. The Hall–Kier alpha value is -3.08. The number of aromatic nitrogens is 6. The number of hydrogen-bond donors (Lipinski definition) is 3. The number of hydrogen-bond acceptors (Lipinski definition) is 9. The second-order valence-corrected chi connectivity index (χ2v) is 9.17. The van der Waals surface area contributed by atoms with Gasteiger partial charge in [-0.15, -0.1) is 0 Å². The molecular formula is C22H24ClN9O. The summed E-state index contributed by atoms with van der Waals surface area (Å²) in [5.74, 6) is 1.36. The van der Waals surface area contributed by atoms with Gasteiger partial charge in [0, 0.05) is 44.8 Å². The molecule has 2 aliphatic rings. The lowest BCUT2D eigenvalue weighted by Crippen LogP contribution is -2.52. The Balaban J connectivity index is 1.46. The molecule has 11 heteroatoms. The molecule has 0 saturated carbocycles. The van der Waals surface area contributed by atoms with Gasteiger partial charge in [-0.25, -0.2) is 19.9 Å². The number of piperazine rings is 1. The van der Waals surface area contributed by atoms with Crippen LogP contribution >= 0.6 is 11.6 Å². The minimum absolute atomic E-state index is 0.180. The van der Waals surface area contributed by atoms with Crippen molar-refractivity contribution in [3.63, 3.8) is 0 Å². The summed E-state index contributed by atoms with van der Waals surface area (Å²) in [6.45, 7) is 1.67. The zero-order chi connectivity index (χ0) is 22.7. The molecule has 5 heterocycles. The third-order valence-corrected chi connectivity index (χ3v) is 6.77. The van der Waals surface area contributed by atoms with Crippen LogP contribution < -0.4 is 15.1 Å². The highest BCUT2D eigenvalue weighted by atomic mass is 35.5. The number of rotatable bonds is 4. The van der Waals surface area contributed by atoms with Gasteiger partial charge in [-0.05, 0) is 25.0 Å². The number of nitrogens with zero attached hydrogens (tertiary/aromatic N) is 7. The van der Waals surface area contributed by atoms with E-state index in [2.05, 4.69) is 30.4 Å². The maximum atomic E-state index is 10.1. The molecular weight excluding hydrogens is 442 g/mol. The van der Waals surface area contributed by atoms with E-state index in [4.69, 9.17) is 21.6 Å². The first-order chi connectivity index (χ1) is 16.0. The Kier molecular flexibility index (Phi) is 4.82. The molecule has 0 radical (unpaired) electrons. The summed E-state index contributed by atoms with van der Waals surface area (Å²) in [4.78, 5) is 23.0. The van der Waals surface area contributed by atoms with E-state index < -0.39 is 0 Å². The van der Waals surface area contributed by atoms with Gasteiger partial charge in [0.1, 0.15) is 16.9 Å². The molecule has 3 aromatic heterocycles. The molecule has 2 unspecified atom stereocenters. The molecule has 2 atom stereocenters. The number of nitrogens with one attached hydrogen (secondary N) is 2. The number of aromatic amines is 1. The standard InChI is InChI=1S/C22H24ClN9O/c1-31(2)22-19(23)26-14-6-3-11(7-15(14)27-22)17-18-20(30-29-17)28-21(16(10-33)25-18)32-12-4-5-13(32)9-24-8-12/h3,6-7,12-13,24,33H,4-5,8-10H2,1-2H3,(H,28,29,30). The van der Waals surface area contributed by atoms with E-state index in [0.29, 0.717) is 56.6 Å². The van der Waals surface area contributed by atoms with Crippen molar-refractivity contribution < 1.29 is 5.11 Å². The van der Waals surface area contributed by atoms with Crippen LogP contribution in [-0.2, 0) is 6.61 Å². The lowest BCUT2D eigenvalue weighted by molar-refractivity contribution is 0.276. The summed E-state index contributed by atoms with van der Waals surface area (Å²) >= 11 is 6.27. The minimum atomic E-state index is -0.180. The van der Waals surface area contributed by atoms with Crippen LogP contribution in [0.5, 0.6) is 0 Å². The van der Waals surface area contributed by atoms with Crippen LogP contribution in [0.3, 0.4) is 0 Å². The molecule has 2 fully saturated rings. The van der Waals surface area contributed by atoms with Gasteiger partial charge in [-0.1, -0.05) is 17.7 Å². The first kappa shape index (κ1) is 20.5. The maximum Gasteiger partial charge on any atom is 0.177 e. The van der Waals surface area contributed by atoms with Crippen molar-refractivity contribution in [1.82, 2.24) is 35.5 Å².